The monoisotopic (exact) mass is 213 g/mol. The summed E-state index contributed by atoms with van der Waals surface area (Å²) in [5.41, 5.74) is 0. The molecule has 15 heavy (non-hydrogen) atoms. The van der Waals surface area contributed by atoms with Crippen LogP contribution in [-0.2, 0) is 0 Å². The van der Waals surface area contributed by atoms with Crippen LogP contribution in [0.5, 0.6) is 0 Å². The fraction of sp³-hybridized carbons (Fsp3) is 1.00. The summed E-state index contributed by atoms with van der Waals surface area (Å²) < 4.78 is 0. The van der Waals surface area contributed by atoms with Gasteiger partial charge in [0.2, 0.25) is 0 Å². The highest BCUT2D eigenvalue weighted by atomic mass is 15.2. The molecule has 0 radical (unpaired) electrons. The summed E-state index contributed by atoms with van der Waals surface area (Å²) in [4.78, 5) is 5.11. The first-order valence-electron chi connectivity index (χ1n) is 6.52. The number of rotatable bonds is 6. The molecule has 0 bridgehead atoms. The van der Waals surface area contributed by atoms with Crippen molar-refractivity contribution in [2.24, 2.45) is 0 Å². The van der Waals surface area contributed by atoms with Crippen LogP contribution < -0.4 is 5.32 Å². The van der Waals surface area contributed by atoms with Crippen LogP contribution in [0.4, 0.5) is 0 Å². The molecule has 90 valence electrons. The lowest BCUT2D eigenvalue weighted by atomic mass is 10.3. The van der Waals surface area contributed by atoms with E-state index in [0.717, 1.165) is 0 Å². The zero-order valence-electron chi connectivity index (χ0n) is 10.5. The number of nitrogens with one attached hydrogen (secondary N) is 1. The van der Waals surface area contributed by atoms with E-state index in [0.29, 0.717) is 0 Å². The Morgan fingerprint density at radius 3 is 2.67 bits per heavy atom. The molecule has 1 heterocycles. The van der Waals surface area contributed by atoms with Gasteiger partial charge in [-0.3, -0.25) is 0 Å². The molecule has 0 aromatic carbocycles. The lowest BCUT2D eigenvalue weighted by Gasteiger charge is -2.22. The Hall–Kier alpha value is -0.120. The maximum absolute atomic E-state index is 3.45. The third-order valence-electron chi connectivity index (χ3n) is 3.28. The fourth-order valence-corrected chi connectivity index (χ4v) is 2.18. The van der Waals surface area contributed by atoms with Crippen LogP contribution >= 0.6 is 0 Å². The van der Waals surface area contributed by atoms with Gasteiger partial charge < -0.3 is 15.1 Å². The first kappa shape index (κ1) is 12.9. The molecule has 0 amide bonds. The van der Waals surface area contributed by atoms with Crippen LogP contribution in [0, 0.1) is 0 Å². The van der Waals surface area contributed by atoms with E-state index in [9.17, 15) is 0 Å². The molecule has 1 aliphatic rings. The van der Waals surface area contributed by atoms with Gasteiger partial charge in [-0.1, -0.05) is 13.8 Å². The maximum atomic E-state index is 3.45. The van der Waals surface area contributed by atoms with Crippen molar-refractivity contribution in [1.29, 1.82) is 0 Å². The Morgan fingerprint density at radius 1 is 1.13 bits per heavy atom. The molecule has 0 spiro atoms. The topological polar surface area (TPSA) is 18.5 Å². The van der Waals surface area contributed by atoms with E-state index in [4.69, 9.17) is 0 Å². The molecular weight excluding hydrogens is 186 g/mol. The summed E-state index contributed by atoms with van der Waals surface area (Å²) in [5, 5.41) is 3.45. The average molecular weight is 213 g/mol. The van der Waals surface area contributed by atoms with Gasteiger partial charge in [0.1, 0.15) is 0 Å². The zero-order valence-corrected chi connectivity index (χ0v) is 10.5. The molecule has 0 atom stereocenters. The standard InChI is InChI=1S/C12H27N3/c1-3-14(4-2)10-6-11-15-9-5-7-13-8-12-15/h13H,3-12H2,1-2H3. The molecule has 0 saturated carbocycles. The molecule has 0 aromatic heterocycles. The van der Waals surface area contributed by atoms with Crippen LogP contribution in [0.2, 0.25) is 0 Å². The molecular formula is C12H27N3. The van der Waals surface area contributed by atoms with Gasteiger partial charge in [-0.15, -0.1) is 0 Å². The second kappa shape index (κ2) is 8.08. The molecule has 0 aromatic rings. The molecule has 1 saturated heterocycles. The molecule has 1 fully saturated rings. The summed E-state index contributed by atoms with van der Waals surface area (Å²) in [6, 6.07) is 0. The van der Waals surface area contributed by atoms with Gasteiger partial charge >= 0.3 is 0 Å². The number of nitrogens with zero attached hydrogens (tertiary/aromatic N) is 2. The summed E-state index contributed by atoms with van der Waals surface area (Å²) in [6.07, 6.45) is 2.63. The zero-order chi connectivity index (χ0) is 10.9. The molecule has 1 aliphatic heterocycles. The van der Waals surface area contributed by atoms with Gasteiger partial charge in [0.05, 0.1) is 0 Å². The molecule has 3 nitrogen and oxygen atoms in total. The van der Waals surface area contributed by atoms with Crippen molar-refractivity contribution < 1.29 is 0 Å². The Balaban J connectivity index is 2.07. The van der Waals surface area contributed by atoms with Crippen molar-refractivity contribution in [1.82, 2.24) is 15.1 Å². The quantitative estimate of drug-likeness (QED) is 0.710. The second-order valence-corrected chi connectivity index (χ2v) is 4.33. The van der Waals surface area contributed by atoms with Gasteiger partial charge in [-0.25, -0.2) is 0 Å². The summed E-state index contributed by atoms with van der Waals surface area (Å²) in [6.45, 7) is 14.3. The van der Waals surface area contributed by atoms with Gasteiger partial charge in [-0.05, 0) is 52.1 Å². The van der Waals surface area contributed by atoms with Crippen LogP contribution in [-0.4, -0.2) is 62.2 Å². The van der Waals surface area contributed by atoms with Crippen LogP contribution in [0.25, 0.3) is 0 Å². The third-order valence-corrected chi connectivity index (χ3v) is 3.28. The van der Waals surface area contributed by atoms with E-state index >= 15 is 0 Å². The minimum absolute atomic E-state index is 1.17. The van der Waals surface area contributed by atoms with E-state index in [1.54, 1.807) is 0 Å². The third kappa shape index (κ3) is 5.50. The Labute approximate surface area is 94.8 Å². The highest BCUT2D eigenvalue weighted by molar-refractivity contribution is 4.66. The molecule has 1 rings (SSSR count). The van der Waals surface area contributed by atoms with E-state index < -0.39 is 0 Å². The minimum atomic E-state index is 1.17. The lowest BCUT2D eigenvalue weighted by molar-refractivity contribution is 0.245. The van der Waals surface area contributed by atoms with Crippen molar-refractivity contribution in [3.8, 4) is 0 Å². The number of hydrogen-bond donors (Lipinski definition) is 1. The summed E-state index contributed by atoms with van der Waals surface area (Å²) in [5.74, 6) is 0. The molecule has 3 heteroatoms. The Kier molecular flexibility index (Phi) is 6.98. The summed E-state index contributed by atoms with van der Waals surface area (Å²) in [7, 11) is 0. The first-order chi connectivity index (χ1) is 7.36. The predicted octanol–water partition coefficient (Wildman–Crippen LogP) is 1.01. The highest BCUT2D eigenvalue weighted by Crippen LogP contribution is 1.98. The lowest BCUT2D eigenvalue weighted by Crippen LogP contribution is -2.32. The van der Waals surface area contributed by atoms with E-state index in [1.807, 2.05) is 0 Å². The second-order valence-electron chi connectivity index (χ2n) is 4.33. The van der Waals surface area contributed by atoms with Crippen LogP contribution in [0.1, 0.15) is 26.7 Å². The van der Waals surface area contributed by atoms with Gasteiger partial charge in [0, 0.05) is 13.1 Å². The van der Waals surface area contributed by atoms with Gasteiger partial charge in [-0.2, -0.15) is 0 Å². The Morgan fingerprint density at radius 2 is 1.93 bits per heavy atom. The largest absolute Gasteiger partial charge is 0.315 e. The van der Waals surface area contributed by atoms with Crippen LogP contribution in [0.3, 0.4) is 0 Å². The first-order valence-corrected chi connectivity index (χ1v) is 6.52. The van der Waals surface area contributed by atoms with Crippen molar-refractivity contribution in [3.63, 3.8) is 0 Å². The normalized spacial score (nSPS) is 19.4. The smallest absolute Gasteiger partial charge is 0.0107 e. The maximum Gasteiger partial charge on any atom is 0.0107 e. The Bertz CT molecular complexity index is 138. The van der Waals surface area contributed by atoms with Gasteiger partial charge in [0.25, 0.3) is 0 Å². The summed E-state index contributed by atoms with van der Waals surface area (Å²) >= 11 is 0. The van der Waals surface area contributed by atoms with E-state index in [1.165, 1.54) is 65.2 Å². The van der Waals surface area contributed by atoms with E-state index in [2.05, 4.69) is 29.0 Å². The molecule has 1 N–H and O–H groups in total. The van der Waals surface area contributed by atoms with Crippen molar-refractivity contribution in [3.05, 3.63) is 0 Å². The fourth-order valence-electron chi connectivity index (χ4n) is 2.18. The number of hydrogen-bond acceptors (Lipinski definition) is 3. The minimum Gasteiger partial charge on any atom is -0.315 e. The SMILES string of the molecule is CCN(CC)CCCN1CCCNCC1. The van der Waals surface area contributed by atoms with E-state index in [-0.39, 0.29) is 0 Å². The highest BCUT2D eigenvalue weighted by Gasteiger charge is 2.08. The molecule has 0 unspecified atom stereocenters. The van der Waals surface area contributed by atoms with Gasteiger partial charge in [0.15, 0.2) is 0 Å². The van der Waals surface area contributed by atoms with Crippen molar-refractivity contribution >= 4 is 0 Å². The average Bonchev–Trinajstić information content (AvgIpc) is 2.53. The predicted molar refractivity (Wildman–Crippen MR) is 66.3 cm³/mol. The molecule has 0 aliphatic carbocycles. The van der Waals surface area contributed by atoms with Crippen molar-refractivity contribution in [2.45, 2.75) is 26.7 Å². The van der Waals surface area contributed by atoms with Crippen LogP contribution in [0.15, 0.2) is 0 Å². The van der Waals surface area contributed by atoms with Crippen molar-refractivity contribution in [2.75, 3.05) is 52.4 Å².